The van der Waals surface area contributed by atoms with Crippen molar-refractivity contribution in [3.05, 3.63) is 0 Å². The van der Waals surface area contributed by atoms with E-state index in [9.17, 15) is 14.4 Å². The maximum absolute atomic E-state index is 11.8. The van der Waals surface area contributed by atoms with E-state index in [1.165, 1.54) is 14.0 Å². The lowest BCUT2D eigenvalue weighted by atomic mass is 9.75. The molecule has 0 spiro atoms. The van der Waals surface area contributed by atoms with Gasteiger partial charge < -0.3 is 9.53 Å². The van der Waals surface area contributed by atoms with Gasteiger partial charge in [-0.25, -0.2) is 0 Å². The van der Waals surface area contributed by atoms with Crippen molar-refractivity contribution in [3.63, 3.8) is 0 Å². The minimum atomic E-state index is -0.345. The van der Waals surface area contributed by atoms with Gasteiger partial charge in [-0.15, -0.1) is 0 Å². The summed E-state index contributed by atoms with van der Waals surface area (Å²) in [5.41, 5.74) is -0.259. The van der Waals surface area contributed by atoms with Crippen molar-refractivity contribution in [2.24, 2.45) is 23.2 Å². The number of esters is 1. The van der Waals surface area contributed by atoms with Crippen molar-refractivity contribution in [3.8, 4) is 0 Å². The number of ketones is 2. The van der Waals surface area contributed by atoms with Crippen LogP contribution >= 0.6 is 0 Å². The van der Waals surface area contributed by atoms with E-state index < -0.39 is 0 Å². The lowest BCUT2D eigenvalue weighted by molar-refractivity contribution is -0.147. The molecule has 1 fully saturated rings. The first-order valence-corrected chi connectivity index (χ1v) is 6.28. The first kappa shape index (κ1) is 14.9. The van der Waals surface area contributed by atoms with E-state index >= 15 is 0 Å². The Hall–Kier alpha value is -1.19. The Morgan fingerprint density at radius 3 is 2.17 bits per heavy atom. The summed E-state index contributed by atoms with van der Waals surface area (Å²) in [4.78, 5) is 35.0. The first-order chi connectivity index (χ1) is 8.20. The normalized spacial score (nSPS) is 29.9. The monoisotopic (exact) mass is 254 g/mol. The fourth-order valence-electron chi connectivity index (χ4n) is 3.51. The summed E-state index contributed by atoms with van der Waals surface area (Å²) in [5.74, 6) is -1.05. The Morgan fingerprint density at radius 2 is 1.78 bits per heavy atom. The molecule has 4 nitrogen and oxygen atoms in total. The van der Waals surface area contributed by atoms with Gasteiger partial charge in [-0.2, -0.15) is 0 Å². The van der Waals surface area contributed by atoms with Gasteiger partial charge in [0.1, 0.15) is 11.6 Å². The molecule has 0 amide bonds. The molecule has 1 aliphatic rings. The zero-order valence-corrected chi connectivity index (χ0v) is 11.8. The van der Waals surface area contributed by atoms with E-state index in [2.05, 4.69) is 0 Å². The number of ether oxygens (including phenoxy) is 1. The van der Waals surface area contributed by atoms with E-state index in [0.29, 0.717) is 6.42 Å². The quantitative estimate of drug-likeness (QED) is 0.720. The summed E-state index contributed by atoms with van der Waals surface area (Å²) in [5, 5.41) is 0. The van der Waals surface area contributed by atoms with Crippen molar-refractivity contribution < 1.29 is 19.1 Å². The van der Waals surface area contributed by atoms with E-state index in [1.54, 1.807) is 6.92 Å². The highest BCUT2D eigenvalue weighted by atomic mass is 16.5. The molecule has 3 unspecified atom stereocenters. The summed E-state index contributed by atoms with van der Waals surface area (Å²) in [7, 11) is 1.35. The third-order valence-electron chi connectivity index (χ3n) is 4.00. The number of hydrogen-bond donors (Lipinski definition) is 0. The van der Waals surface area contributed by atoms with Crippen LogP contribution in [0.3, 0.4) is 0 Å². The highest BCUT2D eigenvalue weighted by Crippen LogP contribution is 2.52. The van der Waals surface area contributed by atoms with Crippen LogP contribution in [0.4, 0.5) is 0 Å². The number of carbonyl (C=O) groups is 3. The molecule has 0 aromatic rings. The van der Waals surface area contributed by atoms with Crippen LogP contribution in [0.25, 0.3) is 0 Å². The molecule has 0 aliphatic heterocycles. The predicted octanol–water partition coefficient (Wildman–Crippen LogP) is 2.01. The van der Waals surface area contributed by atoms with Gasteiger partial charge in [-0.3, -0.25) is 9.59 Å². The number of carbonyl (C=O) groups excluding carboxylic acids is 3. The van der Waals surface area contributed by atoms with Gasteiger partial charge in [0.2, 0.25) is 0 Å². The molecule has 0 saturated heterocycles. The third kappa shape index (κ3) is 2.79. The lowest BCUT2D eigenvalue weighted by Crippen LogP contribution is -2.31. The number of rotatable bonds is 4. The number of Topliss-reactive ketones (excluding diaryl/α,β-unsaturated/α-hetero) is 2. The molecule has 0 heterocycles. The zero-order valence-electron chi connectivity index (χ0n) is 11.8. The second-order valence-electron chi connectivity index (χ2n) is 5.98. The van der Waals surface area contributed by atoms with E-state index in [-0.39, 0.29) is 47.1 Å². The molecule has 1 aliphatic carbocycles. The fraction of sp³-hybridized carbons (Fsp3) is 0.786. The Bertz CT molecular complexity index is 370. The molecule has 0 radical (unpaired) electrons. The average Bonchev–Trinajstić information content (AvgIpc) is 2.47. The molecule has 1 rings (SSSR count). The Morgan fingerprint density at radius 1 is 1.22 bits per heavy atom. The highest BCUT2D eigenvalue weighted by molar-refractivity contribution is 5.85. The van der Waals surface area contributed by atoms with Crippen LogP contribution in [-0.4, -0.2) is 24.6 Å². The summed E-state index contributed by atoms with van der Waals surface area (Å²) in [6, 6.07) is 0. The SMILES string of the molecule is COC(=O)C1CC(C)(C)C(C(C)=O)C1CC(C)=O. The van der Waals surface area contributed by atoms with Crippen LogP contribution in [0.15, 0.2) is 0 Å². The topological polar surface area (TPSA) is 60.4 Å². The Balaban J connectivity index is 3.10. The van der Waals surface area contributed by atoms with E-state index in [1.807, 2.05) is 13.8 Å². The van der Waals surface area contributed by atoms with Crippen molar-refractivity contribution in [2.45, 2.75) is 40.5 Å². The maximum atomic E-state index is 11.8. The van der Waals surface area contributed by atoms with E-state index in [0.717, 1.165) is 0 Å². The van der Waals surface area contributed by atoms with Crippen LogP contribution < -0.4 is 0 Å². The number of methoxy groups -OCH3 is 1. The largest absolute Gasteiger partial charge is 0.469 e. The van der Waals surface area contributed by atoms with Gasteiger partial charge in [0.15, 0.2) is 0 Å². The fourth-order valence-corrected chi connectivity index (χ4v) is 3.51. The van der Waals surface area contributed by atoms with Crippen LogP contribution in [0.2, 0.25) is 0 Å². The van der Waals surface area contributed by atoms with Gasteiger partial charge in [0.05, 0.1) is 13.0 Å². The van der Waals surface area contributed by atoms with Crippen LogP contribution in [0.5, 0.6) is 0 Å². The van der Waals surface area contributed by atoms with Gasteiger partial charge in [0, 0.05) is 12.3 Å². The van der Waals surface area contributed by atoms with Crippen LogP contribution in [0.1, 0.15) is 40.5 Å². The third-order valence-corrected chi connectivity index (χ3v) is 4.00. The van der Waals surface area contributed by atoms with Crippen molar-refractivity contribution >= 4 is 17.5 Å². The maximum Gasteiger partial charge on any atom is 0.308 e. The minimum absolute atomic E-state index is 0.0119. The van der Waals surface area contributed by atoms with Crippen molar-refractivity contribution in [1.82, 2.24) is 0 Å². The Labute approximate surface area is 108 Å². The summed E-state index contributed by atoms with van der Waals surface area (Å²) in [6.07, 6.45) is 0.870. The molecule has 0 bridgehead atoms. The van der Waals surface area contributed by atoms with E-state index in [4.69, 9.17) is 4.74 Å². The molecule has 0 N–H and O–H groups in total. The Kier molecular flexibility index (Phi) is 4.30. The van der Waals surface area contributed by atoms with Gasteiger partial charge >= 0.3 is 5.97 Å². The highest BCUT2D eigenvalue weighted by Gasteiger charge is 2.53. The molecule has 3 atom stereocenters. The first-order valence-electron chi connectivity index (χ1n) is 6.28. The van der Waals surface area contributed by atoms with Gasteiger partial charge in [-0.1, -0.05) is 13.8 Å². The summed E-state index contributed by atoms with van der Waals surface area (Å²) in [6.45, 7) is 7.00. The minimum Gasteiger partial charge on any atom is -0.469 e. The predicted molar refractivity (Wildman–Crippen MR) is 66.9 cm³/mol. The second kappa shape index (κ2) is 5.21. The van der Waals surface area contributed by atoms with Crippen molar-refractivity contribution in [2.75, 3.05) is 7.11 Å². The lowest BCUT2D eigenvalue weighted by Gasteiger charge is -2.28. The standard InChI is InChI=1S/C14H22O4/c1-8(15)6-10-11(13(17)18-5)7-14(3,4)12(10)9(2)16/h10-12H,6-7H2,1-5H3. The average molecular weight is 254 g/mol. The molecule has 102 valence electrons. The smallest absolute Gasteiger partial charge is 0.308 e. The van der Waals surface area contributed by atoms with Crippen molar-refractivity contribution in [1.29, 1.82) is 0 Å². The number of hydrogen-bond acceptors (Lipinski definition) is 4. The summed E-state index contributed by atoms with van der Waals surface area (Å²) >= 11 is 0. The molecular formula is C14H22O4. The van der Waals surface area contributed by atoms with Gasteiger partial charge in [-0.05, 0) is 31.6 Å². The summed E-state index contributed by atoms with van der Waals surface area (Å²) < 4.78 is 4.81. The molecule has 18 heavy (non-hydrogen) atoms. The van der Waals surface area contributed by atoms with Gasteiger partial charge in [0.25, 0.3) is 0 Å². The molecule has 0 aromatic carbocycles. The molecule has 4 heteroatoms. The van der Waals surface area contributed by atoms with Crippen LogP contribution in [-0.2, 0) is 19.1 Å². The zero-order chi connectivity index (χ0) is 14.1. The molecule has 0 aromatic heterocycles. The van der Waals surface area contributed by atoms with Crippen LogP contribution in [0, 0.1) is 23.2 Å². The second-order valence-corrected chi connectivity index (χ2v) is 5.98. The molecular weight excluding hydrogens is 232 g/mol. The molecule has 1 saturated carbocycles.